The monoisotopic (exact) mass is 579 g/mol. The van der Waals surface area contributed by atoms with E-state index in [0.29, 0.717) is 0 Å². The standard InChI is InChI=1S/C28H53NO9S/c1-24(2,3)28(39)18(35-22(32)17(36-28)15-33-25(4,5)6)13-29-19-20(31)21(37-26(7,8)9)16(14-30)34-23(19)38-27(10,11)12/h13,16-23,30-32,39H,14-15H2,1-12H3/b29-13+. The average molecular weight is 580 g/mol. The normalized spacial score (nSPS) is 37.4. The van der Waals surface area contributed by atoms with E-state index in [1.54, 1.807) is 0 Å². The molecule has 0 aliphatic carbocycles. The van der Waals surface area contributed by atoms with Crippen molar-refractivity contribution in [3.63, 3.8) is 0 Å². The summed E-state index contributed by atoms with van der Waals surface area (Å²) in [5, 5.41) is 32.3. The molecule has 9 unspecified atom stereocenters. The molecule has 39 heavy (non-hydrogen) atoms. The summed E-state index contributed by atoms with van der Waals surface area (Å²) >= 11 is 4.92. The minimum atomic E-state index is -1.30. The second kappa shape index (κ2) is 12.5. The highest BCUT2D eigenvalue weighted by molar-refractivity contribution is 7.81. The average Bonchev–Trinajstić information content (AvgIpc) is 2.73. The molecule has 9 atom stereocenters. The van der Waals surface area contributed by atoms with Crippen LogP contribution in [0.15, 0.2) is 4.99 Å². The van der Waals surface area contributed by atoms with Crippen molar-refractivity contribution in [1.82, 2.24) is 0 Å². The van der Waals surface area contributed by atoms with Crippen molar-refractivity contribution in [1.29, 1.82) is 0 Å². The van der Waals surface area contributed by atoms with E-state index in [2.05, 4.69) is 4.99 Å². The molecule has 2 aliphatic rings. The summed E-state index contributed by atoms with van der Waals surface area (Å²) in [7, 11) is 0. The lowest BCUT2D eigenvalue weighted by Crippen LogP contribution is -2.63. The molecule has 11 heteroatoms. The summed E-state index contributed by atoms with van der Waals surface area (Å²) in [5.74, 6) is 0. The van der Waals surface area contributed by atoms with Crippen LogP contribution < -0.4 is 0 Å². The first kappa shape index (κ1) is 34.9. The number of rotatable bonds is 7. The summed E-state index contributed by atoms with van der Waals surface area (Å²) < 4.78 is 36.5. The van der Waals surface area contributed by atoms with Crippen LogP contribution in [-0.4, -0.2) is 106 Å². The smallest absolute Gasteiger partial charge is 0.184 e. The van der Waals surface area contributed by atoms with Crippen LogP contribution in [0.25, 0.3) is 0 Å². The van der Waals surface area contributed by atoms with Crippen LogP contribution in [0.2, 0.25) is 0 Å². The highest BCUT2D eigenvalue weighted by Gasteiger charge is 2.55. The molecule has 0 amide bonds. The second-order valence-corrected chi connectivity index (χ2v) is 15.1. The quantitative estimate of drug-likeness (QED) is 0.266. The van der Waals surface area contributed by atoms with Gasteiger partial charge in [-0.2, -0.15) is 0 Å². The minimum absolute atomic E-state index is 0.109. The van der Waals surface area contributed by atoms with E-state index in [1.807, 2.05) is 83.1 Å². The molecule has 0 aromatic carbocycles. The van der Waals surface area contributed by atoms with Crippen molar-refractivity contribution in [3.05, 3.63) is 0 Å². The molecule has 0 bridgehead atoms. The van der Waals surface area contributed by atoms with Crippen molar-refractivity contribution in [2.24, 2.45) is 10.4 Å². The molecule has 2 saturated heterocycles. The highest BCUT2D eigenvalue weighted by Crippen LogP contribution is 2.45. The second-order valence-electron chi connectivity index (χ2n) is 14.4. The number of hydrogen-bond donors (Lipinski definition) is 4. The summed E-state index contributed by atoms with van der Waals surface area (Å²) in [6.07, 6.45) is -5.35. The van der Waals surface area contributed by atoms with Crippen LogP contribution in [0.4, 0.5) is 0 Å². The van der Waals surface area contributed by atoms with Crippen LogP contribution in [0.1, 0.15) is 83.1 Å². The van der Waals surface area contributed by atoms with E-state index in [0.717, 1.165) is 0 Å². The van der Waals surface area contributed by atoms with Crippen LogP contribution in [-0.2, 0) is 28.4 Å². The molecule has 0 spiro atoms. The van der Waals surface area contributed by atoms with Gasteiger partial charge in [0.2, 0.25) is 0 Å². The number of nitrogens with zero attached hydrogens (tertiary/aromatic N) is 1. The number of ether oxygens (including phenoxy) is 6. The van der Waals surface area contributed by atoms with Gasteiger partial charge < -0.3 is 43.7 Å². The Morgan fingerprint density at radius 2 is 1.41 bits per heavy atom. The van der Waals surface area contributed by atoms with Gasteiger partial charge in [0.05, 0.1) is 30.0 Å². The van der Waals surface area contributed by atoms with E-state index < -0.39 is 76.3 Å². The van der Waals surface area contributed by atoms with Gasteiger partial charge in [-0.1, -0.05) is 20.8 Å². The number of hydrogen-bond acceptors (Lipinski definition) is 11. The van der Waals surface area contributed by atoms with Gasteiger partial charge in [0, 0.05) is 11.6 Å². The first-order valence-electron chi connectivity index (χ1n) is 13.7. The fourth-order valence-corrected chi connectivity index (χ4v) is 4.53. The van der Waals surface area contributed by atoms with Crippen molar-refractivity contribution in [2.75, 3.05) is 13.2 Å². The van der Waals surface area contributed by atoms with Crippen LogP contribution in [0, 0.1) is 5.41 Å². The predicted molar refractivity (Wildman–Crippen MR) is 152 cm³/mol. The summed E-state index contributed by atoms with van der Waals surface area (Å²) in [6.45, 7) is 22.5. The van der Waals surface area contributed by atoms with Gasteiger partial charge in [0.15, 0.2) is 12.6 Å². The molecule has 0 aromatic rings. The molecule has 2 heterocycles. The fraction of sp³-hybridized carbons (Fsp3) is 0.964. The molecule has 3 N–H and O–H groups in total. The van der Waals surface area contributed by atoms with Gasteiger partial charge in [-0.25, -0.2) is 0 Å². The Kier molecular flexibility index (Phi) is 11.2. The number of thiol groups is 1. The van der Waals surface area contributed by atoms with Crippen molar-refractivity contribution in [2.45, 2.75) is 154 Å². The van der Waals surface area contributed by atoms with E-state index in [4.69, 9.17) is 41.0 Å². The summed E-state index contributed by atoms with van der Waals surface area (Å²) in [4.78, 5) is 3.46. The Bertz CT molecular complexity index is 814. The van der Waals surface area contributed by atoms with E-state index >= 15 is 0 Å². The maximum Gasteiger partial charge on any atom is 0.184 e. The Morgan fingerprint density at radius 1 is 0.846 bits per heavy atom. The van der Waals surface area contributed by atoms with Gasteiger partial charge in [0.25, 0.3) is 0 Å². The predicted octanol–water partition coefficient (Wildman–Crippen LogP) is 3.09. The minimum Gasteiger partial charge on any atom is -0.394 e. The Balaban J connectivity index is 2.42. The molecule has 10 nitrogen and oxygen atoms in total. The van der Waals surface area contributed by atoms with Gasteiger partial charge in [-0.05, 0) is 62.3 Å². The largest absolute Gasteiger partial charge is 0.394 e. The highest BCUT2D eigenvalue weighted by atomic mass is 32.1. The van der Waals surface area contributed by atoms with Crippen molar-refractivity contribution >= 4 is 18.8 Å². The maximum atomic E-state index is 11.5. The molecule has 2 aliphatic heterocycles. The maximum absolute atomic E-state index is 11.5. The molecule has 2 fully saturated rings. The first-order valence-corrected chi connectivity index (χ1v) is 14.1. The van der Waals surface area contributed by atoms with Crippen LogP contribution in [0.5, 0.6) is 0 Å². The lowest BCUT2D eigenvalue weighted by molar-refractivity contribution is -0.309. The number of aliphatic hydroxyl groups is 3. The van der Waals surface area contributed by atoms with E-state index in [9.17, 15) is 15.3 Å². The van der Waals surface area contributed by atoms with Crippen molar-refractivity contribution in [3.8, 4) is 0 Å². The zero-order valence-corrected chi connectivity index (χ0v) is 26.7. The Labute approximate surface area is 240 Å². The Hall–Kier alpha value is -0.340. The number of aliphatic hydroxyl groups excluding tert-OH is 3. The summed E-state index contributed by atoms with van der Waals surface area (Å²) in [5.41, 5.74) is -2.24. The Morgan fingerprint density at radius 3 is 1.87 bits per heavy atom. The van der Waals surface area contributed by atoms with Crippen LogP contribution >= 0.6 is 12.6 Å². The molecule has 0 radical (unpaired) electrons. The third kappa shape index (κ3) is 9.59. The lowest BCUT2D eigenvalue weighted by Gasteiger charge is -2.51. The lowest BCUT2D eigenvalue weighted by atomic mass is 9.84. The molecule has 0 saturated carbocycles. The topological polar surface area (TPSA) is 128 Å². The SMILES string of the molecule is CC(C)(C)OCC1OC(S)(C(C)(C)C)C(/C=N/C2C(OC(C)(C)C)OC(CO)C(OC(C)(C)C)C2O)OC1O. The zero-order valence-electron chi connectivity index (χ0n) is 25.8. The van der Waals surface area contributed by atoms with E-state index in [1.165, 1.54) is 6.21 Å². The summed E-state index contributed by atoms with van der Waals surface area (Å²) in [6, 6.07) is -0.931. The molecule has 230 valence electrons. The van der Waals surface area contributed by atoms with Gasteiger partial charge >= 0.3 is 0 Å². The van der Waals surface area contributed by atoms with E-state index in [-0.39, 0.29) is 13.2 Å². The van der Waals surface area contributed by atoms with Gasteiger partial charge in [-0.3, -0.25) is 4.99 Å². The fourth-order valence-electron chi connectivity index (χ4n) is 4.26. The third-order valence-electron chi connectivity index (χ3n) is 6.25. The van der Waals surface area contributed by atoms with Gasteiger partial charge in [-0.15, -0.1) is 12.6 Å². The number of aliphatic imine (C=N–C) groups is 1. The molecular weight excluding hydrogens is 526 g/mol. The third-order valence-corrected chi connectivity index (χ3v) is 7.28. The molecule has 2 rings (SSSR count). The van der Waals surface area contributed by atoms with Gasteiger partial charge in [0.1, 0.15) is 41.5 Å². The zero-order chi connectivity index (χ0) is 30.2. The molecule has 0 aromatic heterocycles. The molecular formula is C28H53NO9S. The van der Waals surface area contributed by atoms with Crippen molar-refractivity contribution < 1.29 is 43.7 Å². The van der Waals surface area contributed by atoms with Crippen LogP contribution in [0.3, 0.4) is 0 Å². The first-order chi connectivity index (χ1) is 17.5.